The zero-order chi connectivity index (χ0) is 42.5. The van der Waals surface area contributed by atoms with Gasteiger partial charge in [0.15, 0.2) is 6.10 Å². The Labute approximate surface area is 349 Å². The Bertz CT molecular complexity index is 1540. The molecule has 3 atom stereocenters. The van der Waals surface area contributed by atoms with E-state index in [1.165, 1.54) is 4.90 Å². The molecule has 0 radical (unpaired) electrons. The number of ether oxygens (including phenoxy) is 8. The van der Waals surface area contributed by atoms with Gasteiger partial charge in [0.25, 0.3) is 0 Å². The minimum atomic E-state index is -1.01. The van der Waals surface area contributed by atoms with Gasteiger partial charge in [0.2, 0.25) is 0 Å². The summed E-state index contributed by atoms with van der Waals surface area (Å²) in [6, 6.07) is 15.6. The second-order valence-electron chi connectivity index (χ2n) is 14.6. The molecule has 0 aromatic heterocycles. The summed E-state index contributed by atoms with van der Waals surface area (Å²) in [6.45, 7) is 2.86. The van der Waals surface area contributed by atoms with Crippen LogP contribution in [-0.4, -0.2) is 152 Å². The van der Waals surface area contributed by atoms with Gasteiger partial charge in [0.05, 0.1) is 81.3 Å². The Morgan fingerprint density at radius 2 is 1.45 bits per heavy atom. The van der Waals surface area contributed by atoms with Crippen LogP contribution in [0.5, 0.6) is 11.5 Å². The van der Waals surface area contributed by atoms with Crippen LogP contribution >= 0.6 is 0 Å². The van der Waals surface area contributed by atoms with Crippen molar-refractivity contribution in [2.75, 3.05) is 77.8 Å². The standard InChI is InChI=1S/C40H60N4O16/c1-51-20-9-18-41-19-25-52-35-17-12-30(26-34(35)41)29-55-36-27-42(39(45)53-21-5-7-23-56-43(47)48)28-37(60-40(46)54-22-6-8-24-57-44(49)50)38(36)59-33-15-13-32(14-16-33)58-31-10-3-2-4-11-31/h2-4,10-12,17,26,32-33,36-38,47-50H,5-9,13-16,18-25,27-29H2,1H3. The molecule has 2 aromatic carbocycles. The lowest BCUT2D eigenvalue weighted by atomic mass is 9.93. The van der Waals surface area contributed by atoms with Crippen molar-refractivity contribution >= 4 is 17.9 Å². The molecule has 1 aliphatic carbocycles. The van der Waals surface area contributed by atoms with Crippen LogP contribution in [0, 0.1) is 0 Å². The van der Waals surface area contributed by atoms with Crippen molar-refractivity contribution < 1.29 is 78.0 Å². The number of fused-ring (bicyclic) bond motifs is 1. The van der Waals surface area contributed by atoms with Crippen LogP contribution in [0.25, 0.3) is 0 Å². The average molecular weight is 853 g/mol. The van der Waals surface area contributed by atoms with Crippen LogP contribution in [0.4, 0.5) is 15.3 Å². The van der Waals surface area contributed by atoms with Crippen LogP contribution in [0.2, 0.25) is 0 Å². The third-order valence-electron chi connectivity index (χ3n) is 10.2. The van der Waals surface area contributed by atoms with E-state index in [4.69, 9.17) is 58.7 Å². The van der Waals surface area contributed by atoms with E-state index in [2.05, 4.69) is 14.6 Å². The van der Waals surface area contributed by atoms with Gasteiger partial charge in [-0.05, 0) is 87.6 Å². The van der Waals surface area contributed by atoms with Gasteiger partial charge in [0.1, 0.15) is 30.3 Å². The Morgan fingerprint density at radius 3 is 2.15 bits per heavy atom. The van der Waals surface area contributed by atoms with E-state index in [1.54, 1.807) is 7.11 Å². The highest BCUT2D eigenvalue weighted by molar-refractivity contribution is 5.68. The third kappa shape index (κ3) is 16.1. The molecule has 1 saturated heterocycles. The lowest BCUT2D eigenvalue weighted by Gasteiger charge is -2.43. The molecule has 0 bridgehead atoms. The number of hydrogen-bond donors (Lipinski definition) is 4. The van der Waals surface area contributed by atoms with E-state index < -0.39 is 30.6 Å². The summed E-state index contributed by atoms with van der Waals surface area (Å²) in [5.74, 6) is 1.59. The number of para-hydroxylation sites is 1. The second kappa shape index (κ2) is 25.7. The fraction of sp³-hybridized carbons (Fsp3) is 0.650. The van der Waals surface area contributed by atoms with Gasteiger partial charge in [-0.15, -0.1) is 0 Å². The van der Waals surface area contributed by atoms with Crippen molar-refractivity contribution in [3.63, 3.8) is 0 Å². The van der Waals surface area contributed by atoms with Crippen LogP contribution in [-0.2, 0) is 44.7 Å². The van der Waals surface area contributed by atoms with Crippen LogP contribution in [0.3, 0.4) is 0 Å². The monoisotopic (exact) mass is 852 g/mol. The topological polar surface area (TPSA) is 220 Å². The first kappa shape index (κ1) is 47.0. The first-order chi connectivity index (χ1) is 29.2. The van der Waals surface area contributed by atoms with Crippen molar-refractivity contribution in [1.29, 1.82) is 0 Å². The predicted octanol–water partition coefficient (Wildman–Crippen LogP) is 5.14. The zero-order valence-electron chi connectivity index (χ0n) is 34.1. The van der Waals surface area contributed by atoms with Gasteiger partial charge >= 0.3 is 12.2 Å². The minimum Gasteiger partial charge on any atom is -0.490 e. The summed E-state index contributed by atoms with van der Waals surface area (Å²) in [5.41, 5.74) is 1.82. The fourth-order valence-electron chi connectivity index (χ4n) is 7.24. The van der Waals surface area contributed by atoms with Crippen LogP contribution in [0.1, 0.15) is 63.4 Å². The maximum absolute atomic E-state index is 13.5. The Morgan fingerprint density at radius 1 is 0.783 bits per heavy atom. The van der Waals surface area contributed by atoms with Crippen molar-refractivity contribution in [2.45, 2.75) is 94.9 Å². The molecule has 3 unspecified atom stereocenters. The number of rotatable bonds is 24. The average Bonchev–Trinajstić information content (AvgIpc) is 3.24. The summed E-state index contributed by atoms with van der Waals surface area (Å²) in [5, 5.41) is 34.2. The number of nitrogens with zero attached hydrogens (tertiary/aromatic N) is 4. The van der Waals surface area contributed by atoms with Crippen molar-refractivity contribution in [3.05, 3.63) is 54.1 Å². The number of amides is 1. The Kier molecular flexibility index (Phi) is 20.1. The number of carbonyl (C=O) groups is 2. The van der Waals surface area contributed by atoms with Gasteiger partial charge in [-0.2, -0.15) is 0 Å². The van der Waals surface area contributed by atoms with E-state index in [1.807, 2.05) is 48.5 Å². The SMILES string of the molecule is COCCCN1CCOc2ccc(COC3CN(C(=O)OCCCCON(O)O)CC(OC(=O)OCCCCON(O)O)C3OC3CCC(Oc4ccccc4)CC3)cc21. The predicted molar refractivity (Wildman–Crippen MR) is 208 cm³/mol. The highest BCUT2D eigenvalue weighted by Crippen LogP contribution is 2.34. The van der Waals surface area contributed by atoms with Crippen LogP contribution in [0.15, 0.2) is 48.5 Å². The molecule has 2 heterocycles. The quantitative estimate of drug-likeness (QED) is 0.0610. The van der Waals surface area contributed by atoms with Crippen LogP contribution < -0.4 is 14.4 Å². The van der Waals surface area contributed by atoms with E-state index in [9.17, 15) is 9.59 Å². The normalized spacial score (nSPS) is 21.7. The van der Waals surface area contributed by atoms with Gasteiger partial charge < -0.3 is 47.7 Å². The molecule has 20 nitrogen and oxygen atoms in total. The number of anilines is 1. The van der Waals surface area contributed by atoms with Gasteiger partial charge in [-0.25, -0.2) is 9.59 Å². The maximum Gasteiger partial charge on any atom is 0.508 e. The number of methoxy groups -OCH3 is 1. The number of benzene rings is 2. The number of likely N-dealkylation sites (tertiary alicyclic amines) is 1. The zero-order valence-corrected chi connectivity index (χ0v) is 34.1. The molecular weight excluding hydrogens is 792 g/mol. The highest BCUT2D eigenvalue weighted by atomic mass is 17.1. The van der Waals surface area contributed by atoms with Crippen molar-refractivity contribution in [2.24, 2.45) is 0 Å². The molecule has 3 aliphatic rings. The summed E-state index contributed by atoms with van der Waals surface area (Å²) in [7, 11) is 1.68. The third-order valence-corrected chi connectivity index (χ3v) is 10.2. The second-order valence-corrected chi connectivity index (χ2v) is 14.6. The highest BCUT2D eigenvalue weighted by Gasteiger charge is 2.45. The molecule has 1 saturated carbocycles. The van der Waals surface area contributed by atoms with E-state index in [0.717, 1.165) is 55.1 Å². The van der Waals surface area contributed by atoms with E-state index in [0.29, 0.717) is 51.7 Å². The lowest BCUT2D eigenvalue weighted by molar-refractivity contribution is -0.492. The van der Waals surface area contributed by atoms with Crippen molar-refractivity contribution in [1.82, 2.24) is 15.7 Å². The largest absolute Gasteiger partial charge is 0.508 e. The first-order valence-corrected chi connectivity index (χ1v) is 20.5. The molecule has 1 amide bonds. The number of hydrogen-bond acceptors (Lipinski definition) is 19. The summed E-state index contributed by atoms with van der Waals surface area (Å²) >= 11 is 0. The molecule has 2 aliphatic heterocycles. The molecule has 2 fully saturated rings. The lowest BCUT2D eigenvalue weighted by Crippen LogP contribution is -2.60. The molecular formula is C40H60N4O16. The summed E-state index contributed by atoms with van der Waals surface area (Å²) < 4.78 is 47.7. The van der Waals surface area contributed by atoms with Gasteiger partial charge in [0, 0.05) is 20.3 Å². The molecule has 0 spiro atoms. The molecule has 5 rings (SSSR count). The number of carbonyl (C=O) groups excluding carboxylic acids is 2. The first-order valence-electron chi connectivity index (χ1n) is 20.5. The number of piperidine rings is 1. The molecule has 4 N–H and O–H groups in total. The van der Waals surface area contributed by atoms with E-state index in [-0.39, 0.29) is 69.1 Å². The molecule has 60 heavy (non-hydrogen) atoms. The van der Waals surface area contributed by atoms with E-state index >= 15 is 0 Å². The fourth-order valence-corrected chi connectivity index (χ4v) is 7.24. The molecule has 2 aromatic rings. The summed E-state index contributed by atoms with van der Waals surface area (Å²) in [6.07, 6.45) is 0.773. The maximum atomic E-state index is 13.5. The van der Waals surface area contributed by atoms with Gasteiger partial charge in [-0.1, -0.05) is 24.3 Å². The molecule has 20 heteroatoms. The number of unbranched alkanes of at least 4 members (excludes halogenated alkanes) is 2. The Balaban J connectivity index is 1.30. The van der Waals surface area contributed by atoms with Crippen molar-refractivity contribution in [3.8, 4) is 11.5 Å². The molecule has 336 valence electrons. The smallest absolute Gasteiger partial charge is 0.490 e. The van der Waals surface area contributed by atoms with Gasteiger partial charge in [-0.3, -0.25) is 30.5 Å². The summed E-state index contributed by atoms with van der Waals surface area (Å²) in [4.78, 5) is 39.5. The Hall–Kier alpha value is -4.06. The minimum absolute atomic E-state index is 0.00438.